The van der Waals surface area contributed by atoms with Crippen LogP contribution in [0.4, 0.5) is 5.82 Å². The predicted octanol–water partition coefficient (Wildman–Crippen LogP) is 3.99. The Labute approximate surface area is 122 Å². The van der Waals surface area contributed by atoms with Gasteiger partial charge in [-0.15, -0.1) is 0 Å². The summed E-state index contributed by atoms with van der Waals surface area (Å²) in [6.45, 7) is 4.13. The highest BCUT2D eigenvalue weighted by molar-refractivity contribution is 9.10. The highest BCUT2D eigenvalue weighted by atomic mass is 79.9. The van der Waals surface area contributed by atoms with Crippen molar-refractivity contribution in [2.24, 2.45) is 0 Å². The number of nitrogens with one attached hydrogen (secondary N) is 1. The maximum Gasteiger partial charge on any atom is 0.125 e. The molecule has 100 valence electrons. The third-order valence-corrected chi connectivity index (χ3v) is 3.16. The van der Waals surface area contributed by atoms with Crippen molar-refractivity contribution in [1.82, 2.24) is 4.98 Å². The summed E-state index contributed by atoms with van der Waals surface area (Å²) < 4.78 is 6.75. The van der Waals surface area contributed by atoms with Crippen molar-refractivity contribution in [3.63, 3.8) is 0 Å². The molecule has 0 saturated carbocycles. The highest BCUT2D eigenvalue weighted by Crippen LogP contribution is 2.12. The van der Waals surface area contributed by atoms with E-state index in [0.29, 0.717) is 13.2 Å². The van der Waals surface area contributed by atoms with E-state index in [0.717, 1.165) is 22.4 Å². The first kappa shape index (κ1) is 14.0. The van der Waals surface area contributed by atoms with E-state index in [9.17, 15) is 0 Å². The Morgan fingerprint density at radius 1 is 1.05 bits per heavy atom. The van der Waals surface area contributed by atoms with E-state index in [1.54, 1.807) is 0 Å². The molecule has 0 atom stereocenters. The number of hydrogen-bond donors (Lipinski definition) is 1. The van der Waals surface area contributed by atoms with E-state index in [1.807, 2.05) is 30.5 Å². The second-order valence-corrected chi connectivity index (χ2v) is 5.12. The topological polar surface area (TPSA) is 34.1 Å². The molecule has 0 aliphatic heterocycles. The van der Waals surface area contributed by atoms with Crippen LogP contribution in [0.25, 0.3) is 0 Å². The van der Waals surface area contributed by atoms with Crippen molar-refractivity contribution in [3.8, 4) is 0 Å². The van der Waals surface area contributed by atoms with Crippen LogP contribution in [0.5, 0.6) is 0 Å². The molecule has 0 aliphatic carbocycles. The minimum atomic E-state index is 0.579. The third kappa shape index (κ3) is 4.65. The molecule has 0 radical (unpaired) electrons. The summed E-state index contributed by atoms with van der Waals surface area (Å²) in [6.07, 6.45) is 1.85. The Morgan fingerprint density at radius 2 is 1.74 bits per heavy atom. The summed E-state index contributed by atoms with van der Waals surface area (Å²) >= 11 is 3.41. The van der Waals surface area contributed by atoms with Gasteiger partial charge in [0.25, 0.3) is 0 Å². The molecule has 0 bridgehead atoms. The zero-order valence-electron chi connectivity index (χ0n) is 10.9. The molecular weight excluding hydrogens is 304 g/mol. The summed E-state index contributed by atoms with van der Waals surface area (Å²) in [7, 11) is 0. The average molecular weight is 321 g/mol. The molecule has 0 amide bonds. The van der Waals surface area contributed by atoms with Crippen molar-refractivity contribution in [2.75, 3.05) is 11.9 Å². The standard InChI is InChI=1S/C15H17BrN2O/c1-2-17-15-8-5-13(9-18-15)11-19-10-12-3-6-14(16)7-4-12/h3-9H,2,10-11H2,1H3,(H,17,18). The van der Waals surface area contributed by atoms with Gasteiger partial charge in [0.1, 0.15) is 5.82 Å². The Hall–Kier alpha value is -1.39. The van der Waals surface area contributed by atoms with Crippen LogP contribution in [-0.4, -0.2) is 11.5 Å². The monoisotopic (exact) mass is 320 g/mol. The molecule has 2 rings (SSSR count). The molecule has 0 aliphatic rings. The molecule has 1 aromatic heterocycles. The highest BCUT2D eigenvalue weighted by Gasteiger charge is 1.97. The van der Waals surface area contributed by atoms with Crippen LogP contribution >= 0.6 is 15.9 Å². The molecular formula is C15H17BrN2O. The van der Waals surface area contributed by atoms with Gasteiger partial charge in [-0.2, -0.15) is 0 Å². The van der Waals surface area contributed by atoms with E-state index in [2.05, 4.69) is 45.3 Å². The van der Waals surface area contributed by atoms with Gasteiger partial charge >= 0.3 is 0 Å². The number of rotatable bonds is 6. The number of ether oxygens (including phenoxy) is 1. The average Bonchev–Trinajstić information content (AvgIpc) is 2.43. The fourth-order valence-electron chi connectivity index (χ4n) is 1.66. The minimum Gasteiger partial charge on any atom is -0.372 e. The first-order chi connectivity index (χ1) is 9.28. The second kappa shape index (κ2) is 7.26. The largest absolute Gasteiger partial charge is 0.372 e. The quantitative estimate of drug-likeness (QED) is 0.873. The van der Waals surface area contributed by atoms with Crippen LogP contribution in [-0.2, 0) is 18.0 Å². The third-order valence-electron chi connectivity index (χ3n) is 2.63. The fourth-order valence-corrected chi connectivity index (χ4v) is 1.93. The van der Waals surface area contributed by atoms with E-state index in [-0.39, 0.29) is 0 Å². The Morgan fingerprint density at radius 3 is 2.37 bits per heavy atom. The number of nitrogens with zero attached hydrogens (tertiary/aromatic N) is 1. The molecule has 0 unspecified atom stereocenters. The molecule has 1 heterocycles. The molecule has 1 N–H and O–H groups in total. The number of hydrogen-bond acceptors (Lipinski definition) is 3. The summed E-state index contributed by atoms with van der Waals surface area (Å²) in [6, 6.07) is 12.2. The molecule has 0 spiro atoms. The lowest BCUT2D eigenvalue weighted by molar-refractivity contribution is 0.107. The summed E-state index contributed by atoms with van der Waals surface area (Å²) in [5.74, 6) is 0.902. The smallest absolute Gasteiger partial charge is 0.125 e. The van der Waals surface area contributed by atoms with Crippen molar-refractivity contribution >= 4 is 21.7 Å². The second-order valence-electron chi connectivity index (χ2n) is 4.20. The SMILES string of the molecule is CCNc1ccc(COCc2ccc(Br)cc2)cn1. The lowest BCUT2D eigenvalue weighted by Crippen LogP contribution is -2.00. The van der Waals surface area contributed by atoms with E-state index >= 15 is 0 Å². The summed E-state index contributed by atoms with van der Waals surface area (Å²) in [4.78, 5) is 4.31. The van der Waals surface area contributed by atoms with E-state index < -0.39 is 0 Å². The van der Waals surface area contributed by atoms with Gasteiger partial charge in [-0.25, -0.2) is 4.98 Å². The first-order valence-electron chi connectivity index (χ1n) is 6.29. The van der Waals surface area contributed by atoms with Crippen LogP contribution in [0.3, 0.4) is 0 Å². The molecule has 4 heteroatoms. The summed E-state index contributed by atoms with van der Waals surface area (Å²) in [5.41, 5.74) is 2.25. The van der Waals surface area contributed by atoms with Crippen LogP contribution in [0.2, 0.25) is 0 Å². The van der Waals surface area contributed by atoms with Crippen molar-refractivity contribution in [3.05, 3.63) is 58.2 Å². The van der Waals surface area contributed by atoms with Gasteiger partial charge in [0.2, 0.25) is 0 Å². The van der Waals surface area contributed by atoms with Crippen molar-refractivity contribution in [1.29, 1.82) is 0 Å². The van der Waals surface area contributed by atoms with Gasteiger partial charge < -0.3 is 10.1 Å². The molecule has 1 aromatic carbocycles. The van der Waals surface area contributed by atoms with Gasteiger partial charge in [-0.3, -0.25) is 0 Å². The Balaban J connectivity index is 1.80. The Kier molecular flexibility index (Phi) is 5.36. The normalized spacial score (nSPS) is 10.4. The zero-order valence-corrected chi connectivity index (χ0v) is 12.5. The molecule has 0 saturated heterocycles. The maximum atomic E-state index is 5.67. The van der Waals surface area contributed by atoms with Crippen molar-refractivity contribution in [2.45, 2.75) is 20.1 Å². The van der Waals surface area contributed by atoms with Gasteiger partial charge in [-0.05, 0) is 36.2 Å². The number of aromatic nitrogens is 1. The van der Waals surface area contributed by atoms with E-state index in [4.69, 9.17) is 4.74 Å². The molecule has 2 aromatic rings. The van der Waals surface area contributed by atoms with Crippen LogP contribution in [0.15, 0.2) is 47.1 Å². The number of pyridine rings is 1. The van der Waals surface area contributed by atoms with Gasteiger partial charge in [0.15, 0.2) is 0 Å². The van der Waals surface area contributed by atoms with Crippen molar-refractivity contribution < 1.29 is 4.74 Å². The number of halogens is 1. The van der Waals surface area contributed by atoms with E-state index in [1.165, 1.54) is 5.56 Å². The predicted molar refractivity (Wildman–Crippen MR) is 81.0 cm³/mol. The maximum absolute atomic E-state index is 5.67. The fraction of sp³-hybridized carbons (Fsp3) is 0.267. The minimum absolute atomic E-state index is 0.579. The summed E-state index contributed by atoms with van der Waals surface area (Å²) in [5, 5.41) is 3.17. The lowest BCUT2D eigenvalue weighted by Gasteiger charge is -2.06. The molecule has 0 fully saturated rings. The first-order valence-corrected chi connectivity index (χ1v) is 7.08. The van der Waals surface area contributed by atoms with Gasteiger partial charge in [0, 0.05) is 17.2 Å². The molecule has 3 nitrogen and oxygen atoms in total. The lowest BCUT2D eigenvalue weighted by atomic mass is 10.2. The van der Waals surface area contributed by atoms with Gasteiger partial charge in [-0.1, -0.05) is 34.1 Å². The number of benzene rings is 1. The number of anilines is 1. The van der Waals surface area contributed by atoms with Crippen LogP contribution < -0.4 is 5.32 Å². The Bertz CT molecular complexity index is 497. The van der Waals surface area contributed by atoms with Crippen LogP contribution in [0, 0.1) is 0 Å². The van der Waals surface area contributed by atoms with Crippen LogP contribution in [0.1, 0.15) is 18.1 Å². The zero-order chi connectivity index (χ0) is 13.5. The molecule has 19 heavy (non-hydrogen) atoms. The van der Waals surface area contributed by atoms with Gasteiger partial charge in [0.05, 0.1) is 13.2 Å².